The van der Waals surface area contributed by atoms with Crippen molar-refractivity contribution < 1.29 is 32.1 Å². The van der Waals surface area contributed by atoms with Crippen molar-refractivity contribution in [2.45, 2.75) is 116 Å². The van der Waals surface area contributed by atoms with E-state index < -0.39 is 20.6 Å². The zero-order chi connectivity index (χ0) is 25.5. The van der Waals surface area contributed by atoms with E-state index in [0.717, 1.165) is 12.8 Å². The monoisotopic (exact) mass is 511 g/mol. The zero-order valence-electron chi connectivity index (χ0n) is 22.7. The van der Waals surface area contributed by atoms with Crippen LogP contribution < -0.4 is 4.89 Å². The summed E-state index contributed by atoms with van der Waals surface area (Å²) >= 11 is 0. The first kappa shape index (κ1) is 34.0. The van der Waals surface area contributed by atoms with Gasteiger partial charge in [0.25, 0.3) is 7.82 Å². The number of hydrogen-bond donors (Lipinski definition) is 0. The number of likely N-dealkylation sites (N-methyl/N-ethyl adjacent to an activating group) is 1. The fourth-order valence-electron chi connectivity index (χ4n) is 3.65. The lowest BCUT2D eigenvalue weighted by Gasteiger charge is -2.27. The number of ether oxygens (including phenoxy) is 1. The molecule has 0 heterocycles. The third-order valence-corrected chi connectivity index (χ3v) is 6.83. The maximum atomic E-state index is 13.8. The smallest absolute Gasteiger partial charge is 0.268 e. The Morgan fingerprint density at radius 1 is 0.706 bits per heavy atom. The molecule has 2 unspecified atom stereocenters. The van der Waals surface area contributed by atoms with Crippen molar-refractivity contribution in [2.75, 3.05) is 54.1 Å². The first-order valence-corrected chi connectivity index (χ1v) is 15.2. The molecular weight excluding hydrogens is 456 g/mol. The van der Waals surface area contributed by atoms with E-state index in [2.05, 4.69) is 11.4 Å². The van der Waals surface area contributed by atoms with Crippen molar-refractivity contribution in [3.05, 3.63) is 0 Å². The second-order valence-electron chi connectivity index (χ2n) is 10.6. The van der Waals surface area contributed by atoms with Crippen LogP contribution >= 0.6 is 7.82 Å². The van der Waals surface area contributed by atoms with E-state index in [1.807, 2.05) is 21.1 Å². The van der Waals surface area contributed by atoms with Crippen LogP contribution in [0.25, 0.3) is 0 Å². The summed E-state index contributed by atoms with van der Waals surface area (Å²) in [4.78, 5) is 11.6. The van der Waals surface area contributed by atoms with Crippen molar-refractivity contribution in [2.24, 2.45) is 0 Å². The molecule has 206 valence electrons. The van der Waals surface area contributed by atoms with E-state index in [1.165, 1.54) is 89.9 Å². The number of quaternary nitrogens is 1. The molecule has 0 aliphatic carbocycles. The minimum Gasteiger partial charge on any atom is -0.756 e. The van der Waals surface area contributed by atoms with Crippen molar-refractivity contribution in [1.29, 1.82) is 0 Å². The molecule has 0 saturated carbocycles. The molecule has 0 amide bonds. The van der Waals surface area contributed by atoms with Gasteiger partial charge in [0.1, 0.15) is 19.3 Å². The van der Waals surface area contributed by atoms with Gasteiger partial charge in [-0.25, -0.2) is 4.39 Å². The first-order valence-electron chi connectivity index (χ1n) is 13.8. The SMILES string of the molecule is CCCCCCCCCCCCCCCCCCOCC(F)COP(=O)([O-])OCC[N+](C)(C)C. The predicted octanol–water partition coefficient (Wildman–Crippen LogP) is 6.81. The summed E-state index contributed by atoms with van der Waals surface area (Å²) in [5.74, 6) is 0. The second kappa shape index (κ2) is 22.2. The minimum absolute atomic E-state index is 0.0109. The van der Waals surface area contributed by atoms with Crippen LogP contribution in [0.3, 0.4) is 0 Å². The quantitative estimate of drug-likeness (QED) is 0.0725. The number of halogens is 1. The highest BCUT2D eigenvalue weighted by molar-refractivity contribution is 7.45. The molecule has 0 N–H and O–H groups in total. The Balaban J connectivity index is 3.37. The number of phosphoric ester groups is 1. The summed E-state index contributed by atoms with van der Waals surface area (Å²) in [6.45, 7) is 2.56. The van der Waals surface area contributed by atoms with Crippen molar-refractivity contribution in [1.82, 2.24) is 0 Å². The molecule has 0 aliphatic rings. The molecular formula is C26H55FNO5P. The standard InChI is InChI=1S/C26H55FNO5P/c1-5-6-7-8-9-10-11-12-13-14-15-16-17-18-19-20-22-31-24-26(27)25-33-34(29,30)32-23-21-28(2,3)4/h26H,5-25H2,1-4H3. The third kappa shape index (κ3) is 26.6. The first-order chi connectivity index (χ1) is 16.2. The number of hydrogen-bond acceptors (Lipinski definition) is 5. The summed E-state index contributed by atoms with van der Waals surface area (Å²) in [6, 6.07) is 0. The van der Waals surface area contributed by atoms with Crippen LogP contribution in [-0.4, -0.2) is 64.8 Å². The number of unbranched alkanes of at least 4 members (excludes halogenated alkanes) is 15. The van der Waals surface area contributed by atoms with Crippen molar-refractivity contribution in [3.63, 3.8) is 0 Å². The van der Waals surface area contributed by atoms with Crippen LogP contribution in [0.2, 0.25) is 0 Å². The molecule has 0 aromatic rings. The molecule has 0 aliphatic heterocycles. The van der Waals surface area contributed by atoms with E-state index in [4.69, 9.17) is 9.26 Å². The maximum Gasteiger partial charge on any atom is 0.268 e. The average molecular weight is 512 g/mol. The summed E-state index contributed by atoms with van der Waals surface area (Å²) in [6.07, 6.45) is 19.5. The second-order valence-corrected chi connectivity index (χ2v) is 12.0. The summed E-state index contributed by atoms with van der Waals surface area (Å²) in [5.41, 5.74) is 0. The number of nitrogens with zero attached hydrogens (tertiary/aromatic N) is 1. The van der Waals surface area contributed by atoms with Gasteiger partial charge in [0.05, 0.1) is 34.4 Å². The number of phosphoric acid groups is 1. The van der Waals surface area contributed by atoms with E-state index in [0.29, 0.717) is 17.6 Å². The Kier molecular flexibility index (Phi) is 22.2. The molecule has 0 rings (SSSR count). The molecule has 0 fully saturated rings. The molecule has 0 aromatic carbocycles. The summed E-state index contributed by atoms with van der Waals surface area (Å²) < 4.78 is 40.7. The Bertz CT molecular complexity index is 490. The fraction of sp³-hybridized carbons (Fsp3) is 1.00. The van der Waals surface area contributed by atoms with Crippen molar-refractivity contribution >= 4 is 7.82 Å². The van der Waals surface area contributed by atoms with Crippen LogP contribution in [0.1, 0.15) is 110 Å². The van der Waals surface area contributed by atoms with E-state index in [-0.39, 0.29) is 13.2 Å². The van der Waals surface area contributed by atoms with Gasteiger partial charge >= 0.3 is 0 Å². The lowest BCUT2D eigenvalue weighted by molar-refractivity contribution is -0.870. The van der Waals surface area contributed by atoms with Gasteiger partial charge < -0.3 is 23.2 Å². The van der Waals surface area contributed by atoms with Gasteiger partial charge in [0.15, 0.2) is 0 Å². The van der Waals surface area contributed by atoms with Gasteiger partial charge in [-0.05, 0) is 6.42 Å². The topological polar surface area (TPSA) is 67.8 Å². The van der Waals surface area contributed by atoms with Crippen molar-refractivity contribution in [3.8, 4) is 0 Å². The maximum absolute atomic E-state index is 13.8. The molecule has 0 aromatic heterocycles. The highest BCUT2D eigenvalue weighted by atomic mass is 31.2. The van der Waals surface area contributed by atoms with Crippen LogP contribution in [0.4, 0.5) is 4.39 Å². The van der Waals surface area contributed by atoms with Crippen LogP contribution in [0.5, 0.6) is 0 Å². The highest BCUT2D eigenvalue weighted by Crippen LogP contribution is 2.38. The van der Waals surface area contributed by atoms with E-state index >= 15 is 0 Å². The Morgan fingerprint density at radius 2 is 1.15 bits per heavy atom. The molecule has 0 bridgehead atoms. The summed E-state index contributed by atoms with van der Waals surface area (Å²) in [7, 11) is 1.31. The van der Waals surface area contributed by atoms with Crippen LogP contribution in [0, 0.1) is 0 Å². The van der Waals surface area contributed by atoms with Gasteiger partial charge in [0, 0.05) is 6.61 Å². The summed E-state index contributed by atoms with van der Waals surface area (Å²) in [5, 5.41) is 0. The predicted molar refractivity (Wildman–Crippen MR) is 138 cm³/mol. The number of rotatable bonds is 26. The van der Waals surface area contributed by atoms with E-state index in [1.54, 1.807) is 0 Å². The number of alkyl halides is 1. The lowest BCUT2D eigenvalue weighted by Crippen LogP contribution is -2.37. The highest BCUT2D eigenvalue weighted by Gasteiger charge is 2.16. The Hall–Kier alpha value is -0.0400. The largest absolute Gasteiger partial charge is 0.756 e. The lowest BCUT2D eigenvalue weighted by atomic mass is 10.0. The van der Waals surface area contributed by atoms with Gasteiger partial charge in [-0.1, -0.05) is 103 Å². The minimum atomic E-state index is -4.47. The molecule has 0 radical (unpaired) electrons. The Morgan fingerprint density at radius 3 is 1.59 bits per heavy atom. The van der Waals surface area contributed by atoms with Crippen LogP contribution in [0.15, 0.2) is 0 Å². The van der Waals surface area contributed by atoms with Gasteiger partial charge in [-0.3, -0.25) is 4.57 Å². The molecule has 34 heavy (non-hydrogen) atoms. The zero-order valence-corrected chi connectivity index (χ0v) is 23.6. The van der Waals surface area contributed by atoms with Gasteiger partial charge in [0.2, 0.25) is 0 Å². The third-order valence-electron chi connectivity index (χ3n) is 5.87. The van der Waals surface area contributed by atoms with Gasteiger partial charge in [-0.2, -0.15) is 0 Å². The van der Waals surface area contributed by atoms with Crippen LogP contribution in [-0.2, 0) is 18.3 Å². The average Bonchev–Trinajstić information content (AvgIpc) is 2.76. The molecule has 0 spiro atoms. The molecule has 2 atom stereocenters. The van der Waals surface area contributed by atoms with E-state index in [9.17, 15) is 13.8 Å². The molecule has 6 nitrogen and oxygen atoms in total. The fourth-order valence-corrected chi connectivity index (χ4v) is 4.37. The normalized spacial score (nSPS) is 14.9. The molecule has 0 saturated heterocycles. The van der Waals surface area contributed by atoms with Gasteiger partial charge in [-0.15, -0.1) is 0 Å². The molecule has 8 heteroatoms. The Labute approximate surface area is 210 Å².